The van der Waals surface area contributed by atoms with Crippen LogP contribution in [0.4, 0.5) is 0 Å². The summed E-state index contributed by atoms with van der Waals surface area (Å²) < 4.78 is 0. The summed E-state index contributed by atoms with van der Waals surface area (Å²) in [5, 5.41) is 0. The topological polar surface area (TPSA) is 0 Å². The van der Waals surface area contributed by atoms with Crippen molar-refractivity contribution in [2.24, 2.45) is 0 Å². The van der Waals surface area contributed by atoms with Gasteiger partial charge in [-0.15, -0.1) is 0 Å². The van der Waals surface area contributed by atoms with Gasteiger partial charge in [0, 0.05) is 0 Å². The van der Waals surface area contributed by atoms with Crippen molar-refractivity contribution >= 4 is 23.2 Å². The van der Waals surface area contributed by atoms with E-state index in [9.17, 15) is 0 Å². The van der Waals surface area contributed by atoms with Crippen LogP contribution in [0.25, 0.3) is 0 Å². The fraction of sp³-hybridized carbons (Fsp3) is 0.360. The maximum Gasteiger partial charge on any atom is -0.0512 e. The van der Waals surface area contributed by atoms with Crippen LogP contribution >= 0.6 is 17.0 Å². The summed E-state index contributed by atoms with van der Waals surface area (Å²) in [6.07, 6.45) is 11.2. The monoisotopic (exact) mass is 518 g/mol. The zero-order chi connectivity index (χ0) is 20.3. The smallest absolute Gasteiger partial charge is 0.0512 e. The minimum Gasteiger partial charge on any atom is -0.210 e. The molecule has 0 amide bonds. The molecule has 0 nitrogen and oxygen atoms in total. The Kier molecular flexibility index (Phi) is 10.5. The molecule has 0 radical (unpaired) electrons. The predicted molar refractivity (Wildman–Crippen MR) is 126 cm³/mol. The fourth-order valence-corrected chi connectivity index (χ4v) is 10.3. The zero-order valence-corrected chi connectivity index (χ0v) is 22.2. The second-order valence-electron chi connectivity index (χ2n) is 7.75. The number of hydrogen-bond donors (Lipinski definition) is 0. The third kappa shape index (κ3) is 8.33. The van der Waals surface area contributed by atoms with Gasteiger partial charge in [0.25, 0.3) is 0 Å². The second-order valence-corrected chi connectivity index (χ2v) is 26.7. The fourth-order valence-electron chi connectivity index (χ4n) is 4.04. The molecular weight excluding hydrogens is 490 g/mol. The summed E-state index contributed by atoms with van der Waals surface area (Å²) in [6.45, 7) is 0. The summed E-state index contributed by atoms with van der Waals surface area (Å²) in [5.74, 6) is 0. The van der Waals surface area contributed by atoms with E-state index in [1.165, 1.54) is 56.9 Å². The van der Waals surface area contributed by atoms with E-state index in [1.807, 2.05) is 6.07 Å². The van der Waals surface area contributed by atoms with E-state index < -0.39 is 18.0 Å². The number of hydrogen-bond acceptors (Lipinski definition) is 0. The number of aryl methyl sites for hydroxylation is 4. The van der Waals surface area contributed by atoms with Gasteiger partial charge in [0.05, 0.1) is 0 Å². The molecule has 29 heavy (non-hydrogen) atoms. The van der Waals surface area contributed by atoms with Crippen LogP contribution in [0.15, 0.2) is 66.7 Å². The first-order valence-electron chi connectivity index (χ1n) is 10.7. The van der Waals surface area contributed by atoms with Crippen LogP contribution in [0.5, 0.6) is 0 Å². The Labute approximate surface area is 191 Å². The van der Waals surface area contributed by atoms with Crippen molar-refractivity contribution in [1.29, 1.82) is 0 Å². The molecule has 5 rings (SSSR count). The molecule has 154 valence electrons. The van der Waals surface area contributed by atoms with Gasteiger partial charge in [-0.25, -0.2) is 12.1 Å². The van der Waals surface area contributed by atoms with Crippen LogP contribution < -0.4 is 0 Å². The molecule has 3 aromatic carbocycles. The Hall–Kier alpha value is -0.400. The van der Waals surface area contributed by atoms with Crippen LogP contribution in [0.2, 0.25) is 0 Å². The van der Waals surface area contributed by atoms with E-state index in [4.69, 9.17) is 17.0 Å². The number of halogens is 2. The van der Waals surface area contributed by atoms with Gasteiger partial charge in [-0.05, 0) is 0 Å². The minimum atomic E-state index is -1.79. The van der Waals surface area contributed by atoms with Crippen LogP contribution in [0.1, 0.15) is 53.5 Å². The standard InChI is InChI=1S/2C9H11.C7H8Si.2ClH.Zr/c2*1-2-5-9-7-3-6-8(9)4-1;8-6-7-4-2-1-3-5-7;;;/h2*3,6-7H,1-2,4-5H2;1-5,8H,6H2;2*1H;/q2*-1;;;;+2/p-2. The van der Waals surface area contributed by atoms with E-state index in [-0.39, 0.29) is 0 Å². The van der Waals surface area contributed by atoms with Gasteiger partial charge < -0.3 is 0 Å². The molecule has 0 saturated carbocycles. The molecule has 0 atom stereocenters. The summed E-state index contributed by atoms with van der Waals surface area (Å²) in [4.78, 5) is 0. The molecule has 4 heteroatoms. The summed E-state index contributed by atoms with van der Waals surface area (Å²) in [7, 11) is 11.7. The first kappa shape index (κ1) is 23.3. The van der Waals surface area contributed by atoms with Crippen molar-refractivity contribution in [3.63, 3.8) is 0 Å². The third-order valence-electron chi connectivity index (χ3n) is 5.63. The van der Waals surface area contributed by atoms with Gasteiger partial charge in [-0.2, -0.15) is 46.5 Å². The van der Waals surface area contributed by atoms with Crippen molar-refractivity contribution in [3.8, 4) is 0 Å². The maximum absolute atomic E-state index is 5.83. The van der Waals surface area contributed by atoms with Crippen LogP contribution in [0.3, 0.4) is 0 Å². The van der Waals surface area contributed by atoms with E-state index >= 15 is 0 Å². The van der Waals surface area contributed by atoms with E-state index in [2.05, 4.69) is 60.7 Å². The maximum atomic E-state index is 5.83. The molecule has 0 aromatic heterocycles. The molecule has 3 aromatic rings. The van der Waals surface area contributed by atoms with Crippen molar-refractivity contribution in [1.82, 2.24) is 0 Å². The van der Waals surface area contributed by atoms with Gasteiger partial charge in [0.15, 0.2) is 0 Å². The van der Waals surface area contributed by atoms with Crippen LogP contribution in [-0.4, -0.2) is 6.16 Å². The van der Waals surface area contributed by atoms with Crippen molar-refractivity contribution in [2.45, 2.75) is 57.4 Å². The Morgan fingerprint density at radius 2 is 1.24 bits per heavy atom. The predicted octanol–water partition coefficient (Wildman–Crippen LogP) is 7.03. The van der Waals surface area contributed by atoms with Crippen molar-refractivity contribution in [2.75, 3.05) is 0 Å². The molecule has 0 N–H and O–H groups in total. The normalized spacial score (nSPS) is 14.3. The van der Waals surface area contributed by atoms with Gasteiger partial charge in [0.1, 0.15) is 0 Å². The molecule has 2 aliphatic rings. The molecule has 0 aliphatic heterocycles. The Balaban J connectivity index is 0.000000125. The summed E-state index contributed by atoms with van der Waals surface area (Å²) in [5.41, 5.74) is 7.77. The first-order chi connectivity index (χ1) is 14.2. The molecule has 0 fully saturated rings. The second kappa shape index (κ2) is 13.1. The average Bonchev–Trinajstić information content (AvgIpc) is 3.43. The van der Waals surface area contributed by atoms with Gasteiger partial charge >= 0.3 is 83.1 Å². The molecule has 0 bridgehead atoms. The van der Waals surface area contributed by atoms with Gasteiger partial charge in [-0.1, -0.05) is 51.4 Å². The quantitative estimate of drug-likeness (QED) is 0.251. The van der Waals surface area contributed by atoms with E-state index in [1.54, 1.807) is 22.3 Å². The van der Waals surface area contributed by atoms with E-state index in [0.717, 1.165) is 6.04 Å². The molecule has 0 spiro atoms. The summed E-state index contributed by atoms with van der Waals surface area (Å²) in [6, 6.07) is 24.9. The summed E-state index contributed by atoms with van der Waals surface area (Å²) >= 11 is -1.79. The van der Waals surface area contributed by atoms with E-state index in [0.29, 0.717) is 6.16 Å². The zero-order valence-electron chi connectivity index (χ0n) is 17.0. The first-order valence-corrected chi connectivity index (χ1v) is 22.7. The Morgan fingerprint density at radius 1 is 0.724 bits per heavy atom. The Bertz CT molecular complexity index is 788. The van der Waals surface area contributed by atoms with Gasteiger partial charge in [-0.3, -0.25) is 0 Å². The number of benzene rings is 1. The minimum absolute atomic E-state index is 0.334. The van der Waals surface area contributed by atoms with Crippen LogP contribution in [-0.2, 0) is 49.7 Å². The third-order valence-corrected chi connectivity index (χ3v) is 15.9. The molecular formula is C25H30Cl2SiZr-2. The Morgan fingerprint density at radius 3 is 1.72 bits per heavy atom. The molecule has 0 saturated heterocycles. The van der Waals surface area contributed by atoms with Crippen molar-refractivity contribution < 1.29 is 18.0 Å². The molecule has 0 heterocycles. The largest absolute Gasteiger partial charge is 0.210 e. The van der Waals surface area contributed by atoms with Crippen LogP contribution in [0, 0.1) is 0 Å². The molecule has 0 unspecified atom stereocenters. The SMILES string of the molecule is [Cl][Zr]([Cl])=[SiH]Cc1ccccc1.c1cc2c([cH-]1)CCCC2.c1cc2c([cH-]1)CCCC2. The van der Waals surface area contributed by atoms with Gasteiger partial charge in [0.2, 0.25) is 0 Å². The van der Waals surface area contributed by atoms with Crippen molar-refractivity contribution in [3.05, 3.63) is 94.5 Å². The number of fused-ring (bicyclic) bond motifs is 2. The number of rotatable bonds is 2. The molecule has 2 aliphatic carbocycles. The average molecular weight is 521 g/mol.